The van der Waals surface area contributed by atoms with Crippen LogP contribution in [0.5, 0.6) is 5.75 Å². The predicted octanol–water partition coefficient (Wildman–Crippen LogP) is 1.77. The van der Waals surface area contributed by atoms with Gasteiger partial charge in [-0.1, -0.05) is 0 Å². The summed E-state index contributed by atoms with van der Waals surface area (Å²) in [5, 5.41) is 19.8. The van der Waals surface area contributed by atoms with Crippen LogP contribution in [0.4, 0.5) is 5.69 Å². The topological polar surface area (TPSA) is 92.9 Å². The molecule has 7 nitrogen and oxygen atoms in total. The number of ether oxygens (including phenoxy) is 1. The molecule has 1 N–H and O–H groups in total. The lowest BCUT2D eigenvalue weighted by Gasteiger charge is -2.29. The van der Waals surface area contributed by atoms with E-state index in [1.54, 1.807) is 0 Å². The molecule has 1 fully saturated rings. The molecule has 1 aliphatic rings. The third-order valence-corrected chi connectivity index (χ3v) is 3.36. The second-order valence-electron chi connectivity index (χ2n) is 4.86. The molecule has 1 aromatic rings. The molecule has 0 radical (unpaired) electrons. The van der Waals surface area contributed by atoms with Crippen LogP contribution < -0.4 is 4.74 Å². The van der Waals surface area contributed by atoms with E-state index in [2.05, 4.69) is 4.90 Å². The van der Waals surface area contributed by atoms with Gasteiger partial charge in [0.15, 0.2) is 0 Å². The van der Waals surface area contributed by atoms with Crippen molar-refractivity contribution in [3.8, 4) is 5.75 Å². The van der Waals surface area contributed by atoms with Crippen LogP contribution in [0.3, 0.4) is 0 Å². The average Bonchev–Trinajstić information content (AvgIpc) is 2.41. The smallest absolute Gasteiger partial charge is 0.342 e. The van der Waals surface area contributed by atoms with Gasteiger partial charge in [0.2, 0.25) is 0 Å². The van der Waals surface area contributed by atoms with Gasteiger partial charge in [0, 0.05) is 25.2 Å². The molecule has 0 aliphatic carbocycles. The normalized spacial score (nSPS) is 16.9. The monoisotopic (exact) mass is 280 g/mol. The Morgan fingerprint density at radius 1 is 1.45 bits per heavy atom. The van der Waals surface area contributed by atoms with E-state index in [1.165, 1.54) is 18.2 Å². The van der Waals surface area contributed by atoms with E-state index >= 15 is 0 Å². The second kappa shape index (κ2) is 5.87. The van der Waals surface area contributed by atoms with Gasteiger partial charge >= 0.3 is 5.97 Å². The summed E-state index contributed by atoms with van der Waals surface area (Å²) in [6, 6.07) is 3.84. The fraction of sp³-hybridized carbons (Fsp3) is 0.462. The van der Waals surface area contributed by atoms with Crippen LogP contribution >= 0.6 is 0 Å². The highest BCUT2D eigenvalue weighted by Gasteiger charge is 2.22. The van der Waals surface area contributed by atoms with Crippen molar-refractivity contribution in [2.75, 3.05) is 20.1 Å². The number of aromatic carboxylic acids is 1. The summed E-state index contributed by atoms with van der Waals surface area (Å²) in [5.74, 6) is -0.965. The molecule has 0 saturated carbocycles. The molecular weight excluding hydrogens is 264 g/mol. The maximum absolute atomic E-state index is 11.0. The highest BCUT2D eigenvalue weighted by Crippen LogP contribution is 2.26. The zero-order chi connectivity index (χ0) is 14.7. The fourth-order valence-electron chi connectivity index (χ4n) is 2.21. The van der Waals surface area contributed by atoms with Gasteiger partial charge in [-0.2, -0.15) is 0 Å². The molecule has 0 atom stereocenters. The molecule has 1 aromatic carbocycles. The van der Waals surface area contributed by atoms with Crippen LogP contribution in [0.25, 0.3) is 0 Å². The third-order valence-electron chi connectivity index (χ3n) is 3.36. The highest BCUT2D eigenvalue weighted by atomic mass is 16.6. The second-order valence-corrected chi connectivity index (χ2v) is 4.86. The summed E-state index contributed by atoms with van der Waals surface area (Å²) in [7, 11) is 2.03. The number of nitro groups is 1. The molecule has 0 spiro atoms. The van der Waals surface area contributed by atoms with Crippen molar-refractivity contribution >= 4 is 11.7 Å². The Bertz CT molecular complexity index is 523. The number of likely N-dealkylation sites (tertiary alicyclic amines) is 1. The zero-order valence-corrected chi connectivity index (χ0v) is 11.1. The van der Waals surface area contributed by atoms with E-state index in [-0.39, 0.29) is 11.7 Å². The van der Waals surface area contributed by atoms with Gasteiger partial charge in [0.05, 0.1) is 4.92 Å². The van der Waals surface area contributed by atoms with Gasteiger partial charge in [-0.3, -0.25) is 10.1 Å². The van der Waals surface area contributed by atoms with Crippen molar-refractivity contribution in [1.82, 2.24) is 4.90 Å². The Kier molecular flexibility index (Phi) is 4.19. The zero-order valence-electron chi connectivity index (χ0n) is 11.1. The average molecular weight is 280 g/mol. The van der Waals surface area contributed by atoms with Crippen LogP contribution in [-0.2, 0) is 0 Å². The Hall–Kier alpha value is -2.15. The van der Waals surface area contributed by atoms with Gasteiger partial charge in [-0.25, -0.2) is 4.79 Å². The number of benzene rings is 1. The summed E-state index contributed by atoms with van der Waals surface area (Å²) in [5.41, 5.74) is -0.770. The Labute approximate surface area is 115 Å². The van der Waals surface area contributed by atoms with Crippen molar-refractivity contribution in [2.45, 2.75) is 18.9 Å². The molecule has 7 heteroatoms. The van der Waals surface area contributed by atoms with E-state index in [1.807, 2.05) is 7.05 Å². The first-order valence-electron chi connectivity index (χ1n) is 6.34. The quantitative estimate of drug-likeness (QED) is 0.667. The molecule has 20 heavy (non-hydrogen) atoms. The number of hydrogen-bond donors (Lipinski definition) is 1. The van der Waals surface area contributed by atoms with Crippen LogP contribution in [-0.4, -0.2) is 47.1 Å². The minimum atomic E-state index is -1.33. The van der Waals surface area contributed by atoms with Crippen molar-refractivity contribution in [1.29, 1.82) is 0 Å². The lowest BCUT2D eigenvalue weighted by Crippen LogP contribution is -2.35. The molecule has 0 unspecified atom stereocenters. The lowest BCUT2D eigenvalue weighted by atomic mass is 10.1. The van der Waals surface area contributed by atoms with E-state index in [4.69, 9.17) is 9.84 Å². The Morgan fingerprint density at radius 3 is 2.65 bits per heavy atom. The van der Waals surface area contributed by atoms with Gasteiger partial charge in [0.25, 0.3) is 5.69 Å². The van der Waals surface area contributed by atoms with Crippen molar-refractivity contribution in [3.05, 3.63) is 33.9 Å². The van der Waals surface area contributed by atoms with Crippen LogP contribution in [0, 0.1) is 10.1 Å². The fourth-order valence-corrected chi connectivity index (χ4v) is 2.21. The molecule has 108 valence electrons. The summed E-state index contributed by atoms with van der Waals surface area (Å²) >= 11 is 0. The number of carbonyl (C=O) groups is 1. The summed E-state index contributed by atoms with van der Waals surface area (Å²) in [6.45, 7) is 1.84. The molecule has 2 rings (SSSR count). The standard InChI is InChI=1S/C13H16N2O5/c1-14-6-4-9(5-7-14)20-10-2-3-12(15(18)19)11(8-10)13(16)17/h2-3,8-9H,4-7H2,1H3,(H,16,17). The number of hydrogen-bond acceptors (Lipinski definition) is 5. The highest BCUT2D eigenvalue weighted by molar-refractivity contribution is 5.92. The molecule has 1 heterocycles. The minimum absolute atomic E-state index is 0.0225. The molecule has 1 aliphatic heterocycles. The van der Waals surface area contributed by atoms with Crippen LogP contribution in [0.1, 0.15) is 23.2 Å². The number of piperidine rings is 1. The Morgan fingerprint density at radius 2 is 2.10 bits per heavy atom. The van der Waals surface area contributed by atoms with Gasteiger partial charge in [0.1, 0.15) is 17.4 Å². The molecular formula is C13H16N2O5. The summed E-state index contributed by atoms with van der Waals surface area (Å²) in [6.07, 6.45) is 1.74. The number of nitro benzene ring substituents is 1. The molecule has 0 amide bonds. The molecule has 1 saturated heterocycles. The van der Waals surface area contributed by atoms with Gasteiger partial charge in [-0.15, -0.1) is 0 Å². The van der Waals surface area contributed by atoms with E-state index in [0.29, 0.717) is 5.75 Å². The van der Waals surface area contributed by atoms with E-state index in [0.717, 1.165) is 25.9 Å². The third kappa shape index (κ3) is 3.24. The van der Waals surface area contributed by atoms with E-state index < -0.39 is 16.6 Å². The number of rotatable bonds is 4. The largest absolute Gasteiger partial charge is 0.490 e. The first kappa shape index (κ1) is 14.3. The summed E-state index contributed by atoms with van der Waals surface area (Å²) < 4.78 is 5.72. The first-order valence-corrected chi connectivity index (χ1v) is 6.34. The maximum Gasteiger partial charge on any atom is 0.342 e. The molecule has 0 aromatic heterocycles. The predicted molar refractivity (Wildman–Crippen MR) is 71.2 cm³/mol. The number of carboxylic acid groups (broad SMARTS) is 1. The number of carboxylic acids is 1. The van der Waals surface area contributed by atoms with Gasteiger partial charge in [-0.05, 0) is 26.0 Å². The van der Waals surface area contributed by atoms with Crippen LogP contribution in [0.2, 0.25) is 0 Å². The summed E-state index contributed by atoms with van der Waals surface area (Å²) in [4.78, 5) is 23.3. The van der Waals surface area contributed by atoms with E-state index in [9.17, 15) is 14.9 Å². The SMILES string of the molecule is CN1CCC(Oc2ccc([N+](=O)[O-])c(C(=O)O)c2)CC1. The lowest BCUT2D eigenvalue weighted by molar-refractivity contribution is -0.385. The van der Waals surface area contributed by atoms with Crippen molar-refractivity contribution < 1.29 is 19.6 Å². The minimum Gasteiger partial charge on any atom is -0.490 e. The van der Waals surface area contributed by atoms with Gasteiger partial charge < -0.3 is 14.7 Å². The van der Waals surface area contributed by atoms with Crippen molar-refractivity contribution in [2.24, 2.45) is 0 Å². The molecule has 0 bridgehead atoms. The Balaban J connectivity index is 2.15. The van der Waals surface area contributed by atoms with Crippen LogP contribution in [0.15, 0.2) is 18.2 Å². The van der Waals surface area contributed by atoms with Crippen molar-refractivity contribution in [3.63, 3.8) is 0 Å². The maximum atomic E-state index is 11.0. The first-order chi connectivity index (χ1) is 9.47. The number of nitrogens with zero attached hydrogens (tertiary/aromatic N) is 2.